The summed E-state index contributed by atoms with van der Waals surface area (Å²) >= 11 is 2.00. The quantitative estimate of drug-likeness (QED) is 0.904. The minimum Gasteiger partial charge on any atom is -0.307 e. The second kappa shape index (κ2) is 7.52. The van der Waals surface area contributed by atoms with E-state index >= 15 is 0 Å². The summed E-state index contributed by atoms with van der Waals surface area (Å²) in [6.07, 6.45) is 1.79. The van der Waals surface area contributed by atoms with Gasteiger partial charge in [0.2, 0.25) is 0 Å². The average Bonchev–Trinajstić information content (AvgIpc) is 2.95. The zero-order valence-corrected chi connectivity index (χ0v) is 14.0. The fourth-order valence-corrected chi connectivity index (χ4v) is 3.51. The summed E-state index contributed by atoms with van der Waals surface area (Å²) in [5, 5.41) is 9.81. The largest absolute Gasteiger partial charge is 0.324 e. The van der Waals surface area contributed by atoms with E-state index < -0.39 is 0 Å². The van der Waals surface area contributed by atoms with Gasteiger partial charge in [0, 0.05) is 56.1 Å². The highest BCUT2D eigenvalue weighted by Gasteiger charge is 2.14. The van der Waals surface area contributed by atoms with Crippen LogP contribution in [0.25, 0.3) is 0 Å². The van der Waals surface area contributed by atoms with Crippen LogP contribution in [0, 0.1) is 0 Å². The van der Waals surface area contributed by atoms with Crippen molar-refractivity contribution in [3.63, 3.8) is 0 Å². The van der Waals surface area contributed by atoms with Crippen molar-refractivity contribution >= 4 is 29.3 Å². The topological polar surface area (TPSA) is 62.2 Å². The van der Waals surface area contributed by atoms with E-state index in [1.807, 2.05) is 37.0 Å². The summed E-state index contributed by atoms with van der Waals surface area (Å²) in [6, 6.07) is 9.44. The van der Waals surface area contributed by atoms with Gasteiger partial charge >= 0.3 is 6.03 Å². The smallest absolute Gasteiger partial charge is 0.307 e. The van der Waals surface area contributed by atoms with E-state index in [0.717, 1.165) is 30.9 Å². The normalized spacial score (nSPS) is 15.3. The van der Waals surface area contributed by atoms with Gasteiger partial charge < -0.3 is 5.32 Å². The van der Waals surface area contributed by atoms with Crippen LogP contribution >= 0.6 is 11.8 Å². The average molecular weight is 331 g/mol. The molecule has 122 valence electrons. The summed E-state index contributed by atoms with van der Waals surface area (Å²) in [7, 11) is 1.81. The summed E-state index contributed by atoms with van der Waals surface area (Å²) in [5.74, 6) is 2.89. The van der Waals surface area contributed by atoms with Crippen LogP contribution in [0.3, 0.4) is 0 Å². The molecule has 1 aromatic carbocycles. The number of aryl methyl sites for hydroxylation is 1. The first-order chi connectivity index (χ1) is 11.2. The van der Waals surface area contributed by atoms with Gasteiger partial charge in [-0.2, -0.15) is 16.9 Å². The Morgan fingerprint density at radius 2 is 2.00 bits per heavy atom. The number of urea groups is 1. The van der Waals surface area contributed by atoms with Crippen molar-refractivity contribution in [3.8, 4) is 0 Å². The van der Waals surface area contributed by atoms with E-state index in [1.165, 1.54) is 11.5 Å². The number of aromatic nitrogens is 2. The molecule has 0 saturated carbocycles. The Kier molecular flexibility index (Phi) is 5.19. The number of carbonyl (C=O) groups excluding carboxylic acids is 1. The fraction of sp³-hybridized carbons (Fsp3) is 0.375. The number of nitrogens with one attached hydrogen (secondary N) is 2. The summed E-state index contributed by atoms with van der Waals surface area (Å²) < 4.78 is 1.65. The van der Waals surface area contributed by atoms with E-state index in [-0.39, 0.29) is 6.03 Å². The van der Waals surface area contributed by atoms with Crippen LogP contribution in [0.5, 0.6) is 0 Å². The highest BCUT2D eigenvalue weighted by Crippen LogP contribution is 2.20. The molecule has 0 atom stereocenters. The van der Waals surface area contributed by atoms with Crippen LogP contribution in [0.2, 0.25) is 0 Å². The van der Waals surface area contributed by atoms with Crippen molar-refractivity contribution in [1.29, 1.82) is 0 Å². The number of amides is 2. The first-order valence-corrected chi connectivity index (χ1v) is 8.82. The van der Waals surface area contributed by atoms with Gasteiger partial charge in [0.05, 0.1) is 0 Å². The Labute approximate surface area is 140 Å². The number of thioether (sulfide) groups is 1. The van der Waals surface area contributed by atoms with Gasteiger partial charge in [0.25, 0.3) is 0 Å². The molecule has 2 N–H and O–H groups in total. The monoisotopic (exact) mass is 331 g/mol. The number of hydrogen-bond donors (Lipinski definition) is 2. The minimum absolute atomic E-state index is 0.273. The number of carbonyl (C=O) groups is 1. The Bertz CT molecular complexity index is 666. The highest BCUT2D eigenvalue weighted by atomic mass is 32.2. The lowest BCUT2D eigenvalue weighted by Crippen LogP contribution is -2.32. The number of rotatable bonds is 4. The predicted molar refractivity (Wildman–Crippen MR) is 94.9 cm³/mol. The van der Waals surface area contributed by atoms with Gasteiger partial charge in [-0.3, -0.25) is 14.9 Å². The lowest BCUT2D eigenvalue weighted by Gasteiger charge is -2.27. The molecule has 0 bridgehead atoms. The SMILES string of the molecule is Cn1ccc(NC(=O)Nc2ccccc2CN2CCSCC2)n1. The molecule has 2 aromatic rings. The molecule has 2 heterocycles. The Balaban J connectivity index is 1.63. The van der Waals surface area contributed by atoms with Crippen LogP contribution in [0.4, 0.5) is 16.3 Å². The molecular formula is C16H21N5OS. The van der Waals surface area contributed by atoms with Crippen LogP contribution in [-0.4, -0.2) is 45.3 Å². The molecule has 0 radical (unpaired) electrons. The summed E-state index contributed by atoms with van der Waals surface area (Å²) in [6.45, 7) is 3.05. The highest BCUT2D eigenvalue weighted by molar-refractivity contribution is 7.99. The van der Waals surface area contributed by atoms with Crippen LogP contribution in [0.15, 0.2) is 36.5 Å². The zero-order chi connectivity index (χ0) is 16.1. The lowest BCUT2D eigenvalue weighted by atomic mass is 10.1. The fourth-order valence-electron chi connectivity index (χ4n) is 2.53. The van der Waals surface area contributed by atoms with Crippen molar-refractivity contribution in [1.82, 2.24) is 14.7 Å². The van der Waals surface area contributed by atoms with E-state index in [0.29, 0.717) is 5.82 Å². The van der Waals surface area contributed by atoms with Gasteiger partial charge in [0.1, 0.15) is 0 Å². The summed E-state index contributed by atoms with van der Waals surface area (Å²) in [5.41, 5.74) is 1.98. The second-order valence-corrected chi connectivity index (χ2v) is 6.72. The first-order valence-electron chi connectivity index (χ1n) is 7.66. The Morgan fingerprint density at radius 3 is 2.74 bits per heavy atom. The molecule has 7 heteroatoms. The molecule has 1 aromatic heterocycles. The van der Waals surface area contributed by atoms with Crippen molar-refractivity contribution in [2.45, 2.75) is 6.54 Å². The maximum absolute atomic E-state index is 12.1. The van der Waals surface area contributed by atoms with Gasteiger partial charge in [0.15, 0.2) is 5.82 Å². The van der Waals surface area contributed by atoms with Gasteiger partial charge in [-0.25, -0.2) is 4.79 Å². The van der Waals surface area contributed by atoms with E-state index in [4.69, 9.17) is 0 Å². The molecule has 23 heavy (non-hydrogen) atoms. The third-order valence-electron chi connectivity index (χ3n) is 3.72. The molecule has 3 rings (SSSR count). The number of nitrogens with zero attached hydrogens (tertiary/aromatic N) is 3. The first kappa shape index (κ1) is 15.9. The molecule has 1 fully saturated rings. The summed E-state index contributed by atoms with van der Waals surface area (Å²) in [4.78, 5) is 14.6. The number of para-hydroxylation sites is 1. The third kappa shape index (κ3) is 4.49. The zero-order valence-electron chi connectivity index (χ0n) is 13.2. The maximum atomic E-state index is 12.1. The molecule has 1 aliphatic heterocycles. The molecule has 0 spiro atoms. The number of anilines is 2. The van der Waals surface area contributed by atoms with Crippen LogP contribution < -0.4 is 10.6 Å². The maximum Gasteiger partial charge on any atom is 0.324 e. The van der Waals surface area contributed by atoms with Gasteiger partial charge in [-0.05, 0) is 11.6 Å². The third-order valence-corrected chi connectivity index (χ3v) is 4.66. The lowest BCUT2D eigenvalue weighted by molar-refractivity contribution is 0.262. The van der Waals surface area contributed by atoms with E-state index in [2.05, 4.69) is 26.7 Å². The van der Waals surface area contributed by atoms with Crippen molar-refractivity contribution in [2.24, 2.45) is 7.05 Å². The second-order valence-electron chi connectivity index (χ2n) is 5.50. The van der Waals surface area contributed by atoms with E-state index in [1.54, 1.807) is 16.9 Å². The van der Waals surface area contributed by atoms with E-state index in [9.17, 15) is 4.79 Å². The number of hydrogen-bond acceptors (Lipinski definition) is 4. The Hall–Kier alpha value is -1.99. The molecule has 1 aliphatic rings. The molecule has 2 amide bonds. The van der Waals surface area contributed by atoms with Crippen LogP contribution in [0.1, 0.15) is 5.56 Å². The molecule has 6 nitrogen and oxygen atoms in total. The number of benzene rings is 1. The predicted octanol–water partition coefficient (Wildman–Crippen LogP) is 2.61. The minimum atomic E-state index is -0.273. The molecule has 0 unspecified atom stereocenters. The van der Waals surface area contributed by atoms with Crippen LogP contribution in [-0.2, 0) is 13.6 Å². The van der Waals surface area contributed by atoms with Crippen molar-refractivity contribution < 1.29 is 4.79 Å². The van der Waals surface area contributed by atoms with Gasteiger partial charge in [-0.1, -0.05) is 18.2 Å². The molecule has 1 saturated heterocycles. The van der Waals surface area contributed by atoms with Crippen molar-refractivity contribution in [3.05, 3.63) is 42.1 Å². The Morgan fingerprint density at radius 1 is 1.22 bits per heavy atom. The van der Waals surface area contributed by atoms with Crippen molar-refractivity contribution in [2.75, 3.05) is 35.2 Å². The standard InChI is InChI=1S/C16H21N5OS/c1-20-7-6-15(19-20)18-16(22)17-14-5-3-2-4-13(14)12-21-8-10-23-11-9-21/h2-7H,8-12H2,1H3,(H2,17,18,19,22). The molecule has 0 aliphatic carbocycles. The van der Waals surface area contributed by atoms with Gasteiger partial charge in [-0.15, -0.1) is 0 Å². The molecular weight excluding hydrogens is 310 g/mol.